The minimum Gasteiger partial charge on any atom is -0.462 e. The van der Waals surface area contributed by atoms with Gasteiger partial charge in [-0.3, -0.25) is 14.5 Å². The van der Waals surface area contributed by atoms with Gasteiger partial charge in [0, 0.05) is 38.9 Å². The topological polar surface area (TPSA) is 95.3 Å². The van der Waals surface area contributed by atoms with Crippen LogP contribution in [0.5, 0.6) is 0 Å². The lowest BCUT2D eigenvalue weighted by Gasteiger charge is -2.10. The summed E-state index contributed by atoms with van der Waals surface area (Å²) < 4.78 is 13.0. The number of carbonyl (C=O) groups excluding carboxylic acids is 2. The zero-order valence-corrected chi connectivity index (χ0v) is 18.7. The maximum Gasteiger partial charge on any atom is 0.339 e. The zero-order chi connectivity index (χ0) is 22.2. The highest BCUT2D eigenvalue weighted by atomic mass is 16.5. The third-order valence-corrected chi connectivity index (χ3v) is 5.34. The Morgan fingerprint density at radius 2 is 2.10 bits per heavy atom. The largest absolute Gasteiger partial charge is 0.462 e. The molecular weight excluding hydrogens is 396 g/mol. The summed E-state index contributed by atoms with van der Waals surface area (Å²) in [5, 5.41) is 7.68. The first-order valence-electron chi connectivity index (χ1n) is 11.1. The number of pyridine rings is 1. The molecule has 0 bridgehead atoms. The van der Waals surface area contributed by atoms with Gasteiger partial charge in [-0.25, -0.2) is 4.79 Å². The van der Waals surface area contributed by atoms with E-state index in [4.69, 9.17) is 14.6 Å². The number of ether oxygens (including phenoxy) is 2. The lowest BCUT2D eigenvalue weighted by atomic mass is 10.1. The van der Waals surface area contributed by atoms with Gasteiger partial charge in [0.25, 0.3) is 5.91 Å². The van der Waals surface area contributed by atoms with E-state index in [0.29, 0.717) is 56.0 Å². The van der Waals surface area contributed by atoms with Crippen LogP contribution in [0.1, 0.15) is 69.5 Å². The van der Waals surface area contributed by atoms with Gasteiger partial charge in [0.15, 0.2) is 0 Å². The van der Waals surface area contributed by atoms with Crippen molar-refractivity contribution in [3.05, 3.63) is 46.0 Å². The number of aromatic nitrogens is 3. The van der Waals surface area contributed by atoms with Crippen molar-refractivity contribution in [2.45, 2.75) is 59.4 Å². The van der Waals surface area contributed by atoms with E-state index in [1.165, 1.54) is 0 Å². The molecule has 1 aliphatic heterocycles. The van der Waals surface area contributed by atoms with Crippen molar-refractivity contribution >= 4 is 11.9 Å². The van der Waals surface area contributed by atoms with Crippen molar-refractivity contribution in [3.63, 3.8) is 0 Å². The van der Waals surface area contributed by atoms with Crippen molar-refractivity contribution in [1.82, 2.24) is 20.1 Å². The molecule has 0 aliphatic carbocycles. The molecule has 0 fully saturated rings. The molecule has 0 radical (unpaired) electrons. The molecule has 1 aliphatic rings. The van der Waals surface area contributed by atoms with Gasteiger partial charge in [-0.2, -0.15) is 5.10 Å². The monoisotopic (exact) mass is 428 g/mol. The van der Waals surface area contributed by atoms with E-state index < -0.39 is 0 Å². The van der Waals surface area contributed by atoms with Crippen molar-refractivity contribution < 1.29 is 19.1 Å². The molecule has 3 heterocycles. The molecule has 2 aromatic rings. The van der Waals surface area contributed by atoms with Gasteiger partial charge in [0.2, 0.25) is 0 Å². The third-order valence-electron chi connectivity index (χ3n) is 5.34. The van der Waals surface area contributed by atoms with Crippen molar-refractivity contribution in [3.8, 4) is 0 Å². The Balaban J connectivity index is 1.66. The van der Waals surface area contributed by atoms with E-state index in [0.717, 1.165) is 36.2 Å². The highest BCUT2D eigenvalue weighted by molar-refractivity contribution is 5.96. The molecule has 0 spiro atoms. The fourth-order valence-electron chi connectivity index (χ4n) is 3.71. The normalized spacial score (nSPS) is 15.0. The summed E-state index contributed by atoms with van der Waals surface area (Å²) in [7, 11) is 0. The van der Waals surface area contributed by atoms with E-state index in [2.05, 4.69) is 10.3 Å². The van der Waals surface area contributed by atoms with Gasteiger partial charge in [-0.15, -0.1) is 0 Å². The van der Waals surface area contributed by atoms with Crippen molar-refractivity contribution in [1.29, 1.82) is 0 Å². The Bertz CT molecular complexity index is 923. The molecular formula is C23H32N4O4. The molecule has 1 amide bonds. The van der Waals surface area contributed by atoms with Crippen LogP contribution in [0.4, 0.5) is 0 Å². The molecule has 0 saturated carbocycles. The number of fused-ring (bicyclic) bond motifs is 1. The van der Waals surface area contributed by atoms with Crippen LogP contribution in [0.15, 0.2) is 12.3 Å². The summed E-state index contributed by atoms with van der Waals surface area (Å²) in [6, 6.07) is 1.80. The lowest BCUT2D eigenvalue weighted by Crippen LogP contribution is -2.26. The maximum absolute atomic E-state index is 12.8. The highest BCUT2D eigenvalue weighted by Gasteiger charge is 2.23. The second-order valence-corrected chi connectivity index (χ2v) is 7.81. The van der Waals surface area contributed by atoms with Crippen LogP contribution in [-0.4, -0.2) is 53.0 Å². The molecule has 0 saturated heterocycles. The van der Waals surface area contributed by atoms with E-state index >= 15 is 0 Å². The van der Waals surface area contributed by atoms with E-state index in [1.54, 1.807) is 19.2 Å². The van der Waals surface area contributed by atoms with E-state index in [9.17, 15) is 9.59 Å². The van der Waals surface area contributed by atoms with Gasteiger partial charge in [-0.05, 0) is 51.2 Å². The van der Waals surface area contributed by atoms with Crippen LogP contribution in [0.25, 0.3) is 0 Å². The standard InChI is InChI=1S/C23H32N4O4/c1-4-19-21-20(8-5-11-30-12-6-9-24-22(21)28)27(26-19)10-7-13-31-23(29)18-14-16(2)15-25-17(18)3/h14-15H,4-13H2,1-3H3,(H,24,28). The summed E-state index contributed by atoms with van der Waals surface area (Å²) in [5.41, 5.74) is 4.52. The zero-order valence-electron chi connectivity index (χ0n) is 18.7. The first-order valence-corrected chi connectivity index (χ1v) is 11.1. The van der Waals surface area contributed by atoms with Crippen LogP contribution in [0.3, 0.4) is 0 Å². The number of rotatable bonds is 6. The average molecular weight is 429 g/mol. The quantitative estimate of drug-likeness (QED) is 0.562. The average Bonchev–Trinajstić information content (AvgIpc) is 3.09. The number of hydrogen-bond donors (Lipinski definition) is 1. The first kappa shape index (κ1) is 22.9. The number of aryl methyl sites for hydroxylation is 4. The fraction of sp³-hybridized carbons (Fsp3) is 0.565. The number of amides is 1. The van der Waals surface area contributed by atoms with Crippen LogP contribution in [-0.2, 0) is 28.9 Å². The summed E-state index contributed by atoms with van der Waals surface area (Å²) >= 11 is 0. The molecule has 2 aromatic heterocycles. The van der Waals surface area contributed by atoms with Gasteiger partial charge in [0.1, 0.15) is 0 Å². The second kappa shape index (κ2) is 11.0. The van der Waals surface area contributed by atoms with E-state index in [1.807, 2.05) is 18.5 Å². The maximum atomic E-state index is 12.8. The molecule has 1 N–H and O–H groups in total. The number of hydrogen-bond acceptors (Lipinski definition) is 6. The summed E-state index contributed by atoms with van der Waals surface area (Å²) in [6.45, 7) is 8.47. The highest BCUT2D eigenvalue weighted by Crippen LogP contribution is 2.19. The molecule has 3 rings (SSSR count). The lowest BCUT2D eigenvalue weighted by molar-refractivity contribution is 0.0493. The molecule has 0 unspecified atom stereocenters. The molecule has 0 atom stereocenters. The van der Waals surface area contributed by atoms with Gasteiger partial charge >= 0.3 is 5.97 Å². The Morgan fingerprint density at radius 1 is 1.29 bits per heavy atom. The van der Waals surface area contributed by atoms with Crippen molar-refractivity contribution in [2.24, 2.45) is 0 Å². The van der Waals surface area contributed by atoms with Crippen LogP contribution < -0.4 is 5.32 Å². The summed E-state index contributed by atoms with van der Waals surface area (Å²) in [4.78, 5) is 29.4. The van der Waals surface area contributed by atoms with Crippen LogP contribution in [0.2, 0.25) is 0 Å². The van der Waals surface area contributed by atoms with Gasteiger partial charge < -0.3 is 14.8 Å². The number of carbonyl (C=O) groups is 2. The van der Waals surface area contributed by atoms with Gasteiger partial charge in [0.05, 0.1) is 34.8 Å². The minimum absolute atomic E-state index is 0.0612. The van der Waals surface area contributed by atoms with E-state index in [-0.39, 0.29) is 18.5 Å². The van der Waals surface area contributed by atoms with Crippen molar-refractivity contribution in [2.75, 3.05) is 26.4 Å². The first-order chi connectivity index (χ1) is 15.0. The molecule has 8 nitrogen and oxygen atoms in total. The predicted octanol–water partition coefficient (Wildman–Crippen LogP) is 2.79. The number of nitrogens with one attached hydrogen (secondary N) is 1. The Morgan fingerprint density at radius 3 is 2.90 bits per heavy atom. The fourth-order valence-corrected chi connectivity index (χ4v) is 3.71. The third kappa shape index (κ3) is 5.91. The Kier molecular flexibility index (Phi) is 8.17. The summed E-state index contributed by atoms with van der Waals surface area (Å²) in [6.07, 6.45) is 5.40. The minimum atomic E-state index is -0.362. The molecule has 0 aromatic carbocycles. The van der Waals surface area contributed by atoms with Crippen LogP contribution in [0, 0.1) is 13.8 Å². The van der Waals surface area contributed by atoms with Gasteiger partial charge in [-0.1, -0.05) is 6.92 Å². The number of esters is 1. The number of nitrogens with zero attached hydrogens (tertiary/aromatic N) is 3. The van der Waals surface area contributed by atoms with Crippen LogP contribution >= 0.6 is 0 Å². The molecule has 31 heavy (non-hydrogen) atoms. The Hall–Kier alpha value is -2.74. The molecule has 168 valence electrons. The SMILES string of the molecule is CCc1nn(CCCOC(=O)c2cc(C)cnc2C)c2c1C(=O)NCCCOCCC2. The Labute approximate surface area is 183 Å². The predicted molar refractivity (Wildman–Crippen MR) is 116 cm³/mol. The molecule has 8 heteroatoms. The second-order valence-electron chi connectivity index (χ2n) is 7.81. The summed E-state index contributed by atoms with van der Waals surface area (Å²) in [5.74, 6) is -0.423. The smallest absolute Gasteiger partial charge is 0.339 e.